The summed E-state index contributed by atoms with van der Waals surface area (Å²) in [5.41, 5.74) is 0.933. The summed E-state index contributed by atoms with van der Waals surface area (Å²) in [4.78, 5) is 10.7. The average Bonchev–Trinajstić information content (AvgIpc) is 2.25. The first-order valence-corrected chi connectivity index (χ1v) is 5.66. The molecule has 0 bridgehead atoms. The predicted octanol–water partition coefficient (Wildman–Crippen LogP) is 1.55. The van der Waals surface area contributed by atoms with Crippen molar-refractivity contribution in [2.45, 2.75) is 26.3 Å². The molecule has 0 saturated heterocycles. The normalized spacial score (nSPS) is 11.7. The van der Waals surface area contributed by atoms with Gasteiger partial charge in [0, 0.05) is 23.8 Å². The average molecular weight is 238 g/mol. The Kier molecular flexibility index (Phi) is 4.28. The van der Waals surface area contributed by atoms with Crippen LogP contribution in [0, 0.1) is 6.92 Å². The minimum atomic E-state index is 0.0420. The van der Waals surface area contributed by atoms with E-state index in [1.807, 2.05) is 13.0 Å². The maximum absolute atomic E-state index is 5.11. The van der Waals surface area contributed by atoms with Gasteiger partial charge in [0.05, 0.1) is 7.11 Å². The van der Waals surface area contributed by atoms with Gasteiger partial charge in [0.2, 0.25) is 11.8 Å². The molecule has 0 aliphatic carbocycles. The van der Waals surface area contributed by atoms with Gasteiger partial charge < -0.3 is 15.0 Å². The Labute approximate surface area is 103 Å². The fraction of sp³-hybridized carbons (Fsp3) is 0.667. The molecule has 1 aromatic rings. The number of hydrogen-bond donors (Lipinski definition) is 1. The number of nitrogens with zero attached hydrogens (tertiary/aromatic N) is 3. The minimum Gasteiger partial charge on any atom is -0.481 e. The molecule has 0 saturated carbocycles. The number of anilines is 1. The largest absolute Gasteiger partial charge is 0.481 e. The van der Waals surface area contributed by atoms with Crippen LogP contribution in [0.3, 0.4) is 0 Å². The molecule has 0 fully saturated rings. The Bertz CT molecular complexity index is 377. The molecule has 0 radical (unpaired) electrons. The van der Waals surface area contributed by atoms with Crippen molar-refractivity contribution >= 4 is 5.95 Å². The summed E-state index contributed by atoms with van der Waals surface area (Å²) < 4.78 is 5.11. The molecular weight excluding hydrogens is 216 g/mol. The predicted molar refractivity (Wildman–Crippen MR) is 69.6 cm³/mol. The molecule has 96 valence electrons. The summed E-state index contributed by atoms with van der Waals surface area (Å²) in [6.45, 7) is 7.01. The molecule has 17 heavy (non-hydrogen) atoms. The lowest BCUT2D eigenvalue weighted by atomic mass is 10.1. The second kappa shape index (κ2) is 5.31. The second-order valence-corrected chi connectivity index (χ2v) is 4.94. The van der Waals surface area contributed by atoms with Crippen LogP contribution in [0.1, 0.15) is 19.5 Å². The summed E-state index contributed by atoms with van der Waals surface area (Å²) in [5, 5.41) is 3.24. The smallest absolute Gasteiger partial charge is 0.226 e. The molecule has 0 aromatic carbocycles. The van der Waals surface area contributed by atoms with E-state index in [-0.39, 0.29) is 5.54 Å². The highest BCUT2D eigenvalue weighted by atomic mass is 16.5. The topological polar surface area (TPSA) is 50.3 Å². The highest BCUT2D eigenvalue weighted by molar-refractivity contribution is 5.31. The van der Waals surface area contributed by atoms with Crippen LogP contribution < -0.4 is 10.1 Å². The summed E-state index contributed by atoms with van der Waals surface area (Å²) in [6, 6.07) is 1.81. The van der Waals surface area contributed by atoms with Gasteiger partial charge in [-0.15, -0.1) is 0 Å². The summed E-state index contributed by atoms with van der Waals surface area (Å²) in [5.74, 6) is 1.19. The molecule has 0 aliphatic rings. The molecule has 1 heterocycles. The number of aromatic nitrogens is 2. The van der Waals surface area contributed by atoms with Gasteiger partial charge in [-0.2, -0.15) is 4.98 Å². The summed E-state index contributed by atoms with van der Waals surface area (Å²) >= 11 is 0. The van der Waals surface area contributed by atoms with Crippen molar-refractivity contribution in [3.05, 3.63) is 11.8 Å². The van der Waals surface area contributed by atoms with Gasteiger partial charge >= 0.3 is 0 Å². The van der Waals surface area contributed by atoms with Crippen LogP contribution in [0.4, 0.5) is 5.95 Å². The van der Waals surface area contributed by atoms with E-state index in [4.69, 9.17) is 4.74 Å². The molecule has 1 aromatic heterocycles. The van der Waals surface area contributed by atoms with Gasteiger partial charge in [0.15, 0.2) is 0 Å². The third kappa shape index (κ3) is 3.85. The van der Waals surface area contributed by atoms with E-state index in [2.05, 4.69) is 48.1 Å². The molecule has 0 spiro atoms. The van der Waals surface area contributed by atoms with Gasteiger partial charge in [-0.1, -0.05) is 0 Å². The first-order chi connectivity index (χ1) is 7.85. The Hall–Kier alpha value is -1.36. The summed E-state index contributed by atoms with van der Waals surface area (Å²) in [7, 11) is 5.72. The quantitative estimate of drug-likeness (QED) is 0.843. The van der Waals surface area contributed by atoms with Gasteiger partial charge in [-0.25, -0.2) is 4.98 Å². The van der Waals surface area contributed by atoms with Crippen molar-refractivity contribution in [2.75, 3.05) is 33.1 Å². The zero-order valence-corrected chi connectivity index (χ0v) is 11.5. The second-order valence-electron chi connectivity index (χ2n) is 4.94. The fourth-order valence-electron chi connectivity index (χ4n) is 1.18. The van der Waals surface area contributed by atoms with Gasteiger partial charge in [-0.05, 0) is 34.9 Å². The molecule has 0 atom stereocenters. The lowest BCUT2D eigenvalue weighted by Crippen LogP contribution is -2.44. The fourth-order valence-corrected chi connectivity index (χ4v) is 1.18. The van der Waals surface area contributed by atoms with Gasteiger partial charge in [0.1, 0.15) is 0 Å². The molecule has 0 amide bonds. The highest BCUT2D eigenvalue weighted by Gasteiger charge is 2.20. The van der Waals surface area contributed by atoms with Crippen molar-refractivity contribution in [3.63, 3.8) is 0 Å². The van der Waals surface area contributed by atoms with Crippen LogP contribution in [0.15, 0.2) is 6.07 Å². The lowest BCUT2D eigenvalue weighted by Gasteiger charge is -2.32. The van der Waals surface area contributed by atoms with Crippen molar-refractivity contribution in [1.29, 1.82) is 0 Å². The standard InChI is InChI=1S/C12H22N4O/c1-9-7-10(17-6)15-11(14-9)13-8-12(2,3)16(4)5/h7H,8H2,1-6H3,(H,13,14,15). The monoisotopic (exact) mass is 238 g/mol. The van der Waals surface area contributed by atoms with Crippen LogP contribution in [0.25, 0.3) is 0 Å². The number of ether oxygens (including phenoxy) is 1. The Morgan fingerprint density at radius 2 is 2.00 bits per heavy atom. The Balaban J connectivity index is 2.72. The maximum atomic E-state index is 5.11. The third-order valence-corrected chi connectivity index (χ3v) is 2.93. The molecular formula is C12H22N4O. The highest BCUT2D eigenvalue weighted by Crippen LogP contribution is 2.14. The van der Waals surface area contributed by atoms with E-state index in [1.165, 1.54) is 0 Å². The van der Waals surface area contributed by atoms with Crippen LogP contribution in [0.2, 0.25) is 0 Å². The van der Waals surface area contributed by atoms with Crippen LogP contribution in [-0.2, 0) is 0 Å². The minimum absolute atomic E-state index is 0.0420. The van der Waals surface area contributed by atoms with Crippen molar-refractivity contribution < 1.29 is 4.74 Å². The lowest BCUT2D eigenvalue weighted by molar-refractivity contribution is 0.209. The number of methoxy groups -OCH3 is 1. The third-order valence-electron chi connectivity index (χ3n) is 2.93. The number of rotatable bonds is 5. The summed E-state index contributed by atoms with van der Waals surface area (Å²) in [6.07, 6.45) is 0. The van der Waals surface area contributed by atoms with Gasteiger partial charge in [-0.3, -0.25) is 0 Å². The van der Waals surface area contributed by atoms with E-state index in [9.17, 15) is 0 Å². The SMILES string of the molecule is COc1cc(C)nc(NCC(C)(C)N(C)C)n1. The van der Waals surface area contributed by atoms with Crippen LogP contribution in [0.5, 0.6) is 5.88 Å². The van der Waals surface area contributed by atoms with E-state index in [0.29, 0.717) is 11.8 Å². The molecule has 5 heteroatoms. The van der Waals surface area contributed by atoms with E-state index < -0.39 is 0 Å². The van der Waals surface area contributed by atoms with Crippen LogP contribution >= 0.6 is 0 Å². The molecule has 0 unspecified atom stereocenters. The molecule has 1 N–H and O–H groups in total. The van der Waals surface area contributed by atoms with Crippen molar-refractivity contribution in [1.82, 2.24) is 14.9 Å². The van der Waals surface area contributed by atoms with E-state index >= 15 is 0 Å². The Morgan fingerprint density at radius 1 is 1.35 bits per heavy atom. The van der Waals surface area contributed by atoms with Crippen molar-refractivity contribution in [2.24, 2.45) is 0 Å². The first kappa shape index (κ1) is 13.7. The number of likely N-dealkylation sites (N-methyl/N-ethyl adjacent to an activating group) is 1. The zero-order chi connectivity index (χ0) is 13.1. The van der Waals surface area contributed by atoms with E-state index in [1.54, 1.807) is 7.11 Å². The van der Waals surface area contributed by atoms with Gasteiger partial charge in [0.25, 0.3) is 0 Å². The number of aryl methyl sites for hydroxylation is 1. The maximum Gasteiger partial charge on any atom is 0.226 e. The zero-order valence-electron chi connectivity index (χ0n) is 11.5. The van der Waals surface area contributed by atoms with Crippen LogP contribution in [-0.4, -0.2) is 48.2 Å². The number of nitrogens with one attached hydrogen (secondary N) is 1. The Morgan fingerprint density at radius 3 is 2.53 bits per heavy atom. The molecule has 1 rings (SSSR count). The van der Waals surface area contributed by atoms with Crippen molar-refractivity contribution in [3.8, 4) is 5.88 Å². The molecule has 0 aliphatic heterocycles. The number of hydrogen-bond acceptors (Lipinski definition) is 5. The first-order valence-electron chi connectivity index (χ1n) is 5.66. The molecule has 5 nitrogen and oxygen atoms in total. The van der Waals surface area contributed by atoms with E-state index in [0.717, 1.165) is 12.2 Å².